The third kappa shape index (κ3) is 2.98. The minimum absolute atomic E-state index is 0.304. The molecule has 1 fully saturated rings. The van der Waals surface area contributed by atoms with E-state index in [1.54, 1.807) is 29.1 Å². The van der Waals surface area contributed by atoms with Crippen LogP contribution in [0.1, 0.15) is 30.6 Å². The summed E-state index contributed by atoms with van der Waals surface area (Å²) in [6.45, 7) is 3.46. The fourth-order valence-corrected chi connectivity index (χ4v) is 6.01. The van der Waals surface area contributed by atoms with E-state index in [-0.39, 0.29) is 5.82 Å². The highest BCUT2D eigenvalue weighted by Crippen LogP contribution is 2.40. The van der Waals surface area contributed by atoms with Crippen LogP contribution in [0, 0.1) is 5.82 Å². The molecule has 1 N–H and O–H groups in total. The number of rotatable bonds is 3. The quantitative estimate of drug-likeness (QED) is 0.449. The number of pyridine rings is 1. The molecule has 1 saturated heterocycles. The Morgan fingerprint density at radius 1 is 1.21 bits per heavy atom. The van der Waals surface area contributed by atoms with Gasteiger partial charge in [0.2, 0.25) is 0 Å². The van der Waals surface area contributed by atoms with Crippen molar-refractivity contribution in [2.24, 2.45) is 0 Å². The van der Waals surface area contributed by atoms with Gasteiger partial charge in [-0.3, -0.25) is 0 Å². The number of hydrogen-bond donors (Lipinski definition) is 1. The third-order valence-electron chi connectivity index (χ3n) is 5.83. The van der Waals surface area contributed by atoms with Gasteiger partial charge in [-0.15, -0.1) is 22.7 Å². The summed E-state index contributed by atoms with van der Waals surface area (Å²) in [5.74, 6) is 0.218. The van der Waals surface area contributed by atoms with Crippen LogP contribution in [-0.4, -0.2) is 34.5 Å². The number of halogens is 1. The van der Waals surface area contributed by atoms with Gasteiger partial charge in [0.25, 0.3) is 0 Å². The Labute approximate surface area is 171 Å². The molecular formula is C21H21FN4S2. The predicted octanol–water partition coefficient (Wildman–Crippen LogP) is 5.99. The summed E-state index contributed by atoms with van der Waals surface area (Å²) < 4.78 is 15.7. The zero-order valence-corrected chi connectivity index (χ0v) is 17.4. The molecule has 0 aliphatic carbocycles. The second kappa shape index (κ2) is 7.06. The molecule has 4 aromatic rings. The van der Waals surface area contributed by atoms with Crippen LogP contribution in [0.3, 0.4) is 0 Å². The SMILES string of the molecule is C[C@@H]1[C@H](c2cc3c(Nc4ccc5scnc5c4F)ccnc3s2)CCCN1C. The lowest BCUT2D eigenvalue weighted by molar-refractivity contribution is 0.176. The van der Waals surface area contributed by atoms with Gasteiger partial charge in [-0.25, -0.2) is 14.4 Å². The van der Waals surface area contributed by atoms with E-state index in [1.165, 1.54) is 29.1 Å². The highest BCUT2D eigenvalue weighted by atomic mass is 32.1. The van der Waals surface area contributed by atoms with Crippen LogP contribution in [0.4, 0.5) is 15.8 Å². The van der Waals surface area contributed by atoms with Crippen LogP contribution in [0.5, 0.6) is 0 Å². The summed E-state index contributed by atoms with van der Waals surface area (Å²) >= 11 is 3.21. The van der Waals surface area contributed by atoms with Crippen molar-refractivity contribution < 1.29 is 4.39 Å². The molecule has 5 rings (SSSR count). The van der Waals surface area contributed by atoms with E-state index >= 15 is 0 Å². The van der Waals surface area contributed by atoms with Crippen LogP contribution >= 0.6 is 22.7 Å². The van der Waals surface area contributed by atoms with Crippen molar-refractivity contribution in [2.75, 3.05) is 18.9 Å². The first-order valence-electron chi connectivity index (χ1n) is 9.49. The van der Waals surface area contributed by atoms with Crippen LogP contribution in [-0.2, 0) is 0 Å². The highest BCUT2D eigenvalue weighted by molar-refractivity contribution is 7.18. The van der Waals surface area contributed by atoms with Gasteiger partial charge in [0.1, 0.15) is 10.3 Å². The van der Waals surface area contributed by atoms with E-state index in [2.05, 4.69) is 40.2 Å². The molecule has 4 heterocycles. The fourth-order valence-electron chi connectivity index (χ4n) is 4.08. The minimum atomic E-state index is -0.304. The standard InChI is InChI=1S/C21H21FN4S2/c1-12-13(4-3-9-26(12)2)18-10-14-15(7-8-23-21(14)28-18)25-16-5-6-17-20(19(16)22)24-11-27-17/h5-8,10-13H,3-4,9H2,1-2H3,(H,23,25)/t12-,13-/m1/s1. The van der Waals surface area contributed by atoms with Crippen molar-refractivity contribution >= 4 is 54.5 Å². The topological polar surface area (TPSA) is 41.1 Å². The van der Waals surface area contributed by atoms with Crippen LogP contribution in [0.2, 0.25) is 0 Å². The van der Waals surface area contributed by atoms with Gasteiger partial charge in [0, 0.05) is 28.4 Å². The molecule has 0 spiro atoms. The number of nitrogens with one attached hydrogen (secondary N) is 1. The van der Waals surface area contributed by atoms with Gasteiger partial charge < -0.3 is 10.2 Å². The third-order valence-corrected chi connectivity index (χ3v) is 7.80. The van der Waals surface area contributed by atoms with Crippen molar-refractivity contribution in [1.29, 1.82) is 0 Å². The van der Waals surface area contributed by atoms with Crippen molar-refractivity contribution in [3.05, 3.63) is 46.7 Å². The molecule has 3 aromatic heterocycles. The molecular weight excluding hydrogens is 391 g/mol. The Kier molecular flexibility index (Phi) is 4.53. The first-order valence-corrected chi connectivity index (χ1v) is 11.2. The van der Waals surface area contributed by atoms with Crippen molar-refractivity contribution in [3.63, 3.8) is 0 Å². The largest absolute Gasteiger partial charge is 0.352 e. The van der Waals surface area contributed by atoms with E-state index in [0.717, 1.165) is 27.1 Å². The Morgan fingerprint density at radius 2 is 2.11 bits per heavy atom. The number of aromatic nitrogens is 2. The summed E-state index contributed by atoms with van der Waals surface area (Å²) in [4.78, 5) is 13.5. The smallest absolute Gasteiger partial charge is 0.173 e. The van der Waals surface area contributed by atoms with Gasteiger partial charge in [-0.1, -0.05) is 0 Å². The number of thiazole rings is 1. The van der Waals surface area contributed by atoms with Crippen LogP contribution < -0.4 is 5.32 Å². The van der Waals surface area contributed by atoms with Gasteiger partial charge in [-0.2, -0.15) is 0 Å². The van der Waals surface area contributed by atoms with E-state index in [0.29, 0.717) is 23.2 Å². The van der Waals surface area contributed by atoms with Gasteiger partial charge in [-0.05, 0) is 57.6 Å². The number of anilines is 2. The Balaban J connectivity index is 1.53. The molecule has 1 aromatic carbocycles. The molecule has 2 atom stereocenters. The van der Waals surface area contributed by atoms with E-state index in [4.69, 9.17) is 0 Å². The number of thiophene rings is 1. The molecule has 7 heteroatoms. The van der Waals surface area contributed by atoms with Crippen LogP contribution in [0.15, 0.2) is 36.0 Å². The molecule has 1 aliphatic rings. The van der Waals surface area contributed by atoms with Gasteiger partial charge in [0.15, 0.2) is 5.82 Å². The van der Waals surface area contributed by atoms with E-state index in [1.807, 2.05) is 12.1 Å². The Morgan fingerprint density at radius 3 is 3.00 bits per heavy atom. The second-order valence-corrected chi connectivity index (χ2v) is 9.40. The first-order chi connectivity index (χ1) is 13.6. The predicted molar refractivity (Wildman–Crippen MR) is 117 cm³/mol. The molecule has 0 bridgehead atoms. The molecule has 1 aliphatic heterocycles. The molecule has 0 radical (unpaired) electrons. The second-order valence-electron chi connectivity index (χ2n) is 7.45. The molecule has 0 unspecified atom stereocenters. The van der Waals surface area contributed by atoms with Gasteiger partial charge >= 0.3 is 0 Å². The molecule has 0 amide bonds. The average molecular weight is 413 g/mol. The Bertz CT molecular complexity index is 1150. The molecule has 28 heavy (non-hydrogen) atoms. The van der Waals surface area contributed by atoms with E-state index < -0.39 is 0 Å². The number of nitrogens with zero attached hydrogens (tertiary/aromatic N) is 3. The summed E-state index contributed by atoms with van der Waals surface area (Å²) in [6, 6.07) is 8.38. The normalized spacial score (nSPS) is 20.8. The maximum Gasteiger partial charge on any atom is 0.173 e. The van der Waals surface area contributed by atoms with Gasteiger partial charge in [0.05, 0.1) is 21.6 Å². The van der Waals surface area contributed by atoms with E-state index in [9.17, 15) is 4.39 Å². The molecule has 144 valence electrons. The lowest BCUT2D eigenvalue weighted by Crippen LogP contribution is -2.38. The zero-order chi connectivity index (χ0) is 19.3. The Hall–Kier alpha value is -2.09. The lowest BCUT2D eigenvalue weighted by atomic mass is 9.89. The van der Waals surface area contributed by atoms with Crippen molar-refractivity contribution in [2.45, 2.75) is 31.7 Å². The molecule has 4 nitrogen and oxygen atoms in total. The first kappa shape index (κ1) is 18.0. The number of likely N-dealkylation sites (N-methyl/N-ethyl adjacent to an activating group) is 1. The summed E-state index contributed by atoms with van der Waals surface area (Å²) in [6.07, 6.45) is 4.22. The van der Waals surface area contributed by atoms with Crippen molar-refractivity contribution in [3.8, 4) is 0 Å². The number of fused-ring (bicyclic) bond motifs is 2. The van der Waals surface area contributed by atoms with Crippen LogP contribution in [0.25, 0.3) is 20.4 Å². The summed E-state index contributed by atoms with van der Waals surface area (Å²) in [5, 5.41) is 4.34. The number of hydrogen-bond acceptors (Lipinski definition) is 6. The molecule has 0 saturated carbocycles. The minimum Gasteiger partial charge on any atom is -0.352 e. The average Bonchev–Trinajstić information content (AvgIpc) is 3.34. The number of likely N-dealkylation sites (tertiary alicyclic amines) is 1. The summed E-state index contributed by atoms with van der Waals surface area (Å²) in [7, 11) is 2.20. The maximum absolute atomic E-state index is 14.8. The summed E-state index contributed by atoms with van der Waals surface area (Å²) in [5.41, 5.74) is 3.43. The lowest BCUT2D eigenvalue weighted by Gasteiger charge is -2.36. The number of piperidine rings is 1. The zero-order valence-electron chi connectivity index (χ0n) is 15.8. The highest BCUT2D eigenvalue weighted by Gasteiger charge is 2.28. The monoisotopic (exact) mass is 412 g/mol. The fraction of sp³-hybridized carbons (Fsp3) is 0.333. The number of benzene rings is 1. The van der Waals surface area contributed by atoms with Crippen molar-refractivity contribution in [1.82, 2.24) is 14.9 Å². The maximum atomic E-state index is 14.8.